The van der Waals surface area contributed by atoms with Crippen LogP contribution < -0.4 is 5.32 Å². The van der Waals surface area contributed by atoms with Crippen molar-refractivity contribution in [3.63, 3.8) is 0 Å². The predicted octanol–water partition coefficient (Wildman–Crippen LogP) is 2.53. The first-order valence-electron chi connectivity index (χ1n) is 4.04. The Balaban J connectivity index is 2.74. The summed E-state index contributed by atoms with van der Waals surface area (Å²) in [7, 11) is 1.85. The molecule has 0 aliphatic rings. The van der Waals surface area contributed by atoms with E-state index in [0.717, 1.165) is 27.6 Å². The smallest absolute Gasteiger partial charge is 0.143 e. The zero-order valence-electron chi connectivity index (χ0n) is 7.67. The molecule has 0 radical (unpaired) electrons. The average molecular weight is 262 g/mol. The summed E-state index contributed by atoms with van der Waals surface area (Å²) in [4.78, 5) is 8.54. The molecule has 72 valence electrons. The van der Waals surface area contributed by atoms with Crippen LogP contribution in [-0.4, -0.2) is 22.8 Å². The highest BCUT2D eigenvalue weighted by molar-refractivity contribution is 9.10. The lowest BCUT2D eigenvalue weighted by atomic mass is 10.5. The second-order valence-corrected chi connectivity index (χ2v) is 4.50. The molecule has 0 bridgehead atoms. The van der Waals surface area contributed by atoms with E-state index in [2.05, 4.69) is 38.1 Å². The van der Waals surface area contributed by atoms with Gasteiger partial charge >= 0.3 is 0 Å². The Kier molecular flexibility index (Phi) is 4.52. The maximum absolute atomic E-state index is 4.34. The topological polar surface area (TPSA) is 37.8 Å². The van der Waals surface area contributed by atoms with Gasteiger partial charge in [-0.25, -0.2) is 9.97 Å². The molecule has 0 aromatic carbocycles. The van der Waals surface area contributed by atoms with Crippen molar-refractivity contribution in [3.8, 4) is 0 Å². The van der Waals surface area contributed by atoms with Crippen molar-refractivity contribution in [2.24, 2.45) is 0 Å². The lowest BCUT2D eigenvalue weighted by molar-refractivity contribution is 1.02. The molecule has 5 heteroatoms. The van der Waals surface area contributed by atoms with Gasteiger partial charge in [-0.15, -0.1) is 0 Å². The molecule has 0 spiro atoms. The minimum Gasteiger partial charge on any atom is -0.372 e. The summed E-state index contributed by atoms with van der Waals surface area (Å²) in [6, 6.07) is 0. The summed E-state index contributed by atoms with van der Waals surface area (Å²) in [5.41, 5.74) is 0. The van der Waals surface area contributed by atoms with E-state index in [0.29, 0.717) is 0 Å². The van der Waals surface area contributed by atoms with Gasteiger partial charge in [0.25, 0.3) is 0 Å². The third kappa shape index (κ3) is 3.15. The van der Waals surface area contributed by atoms with Gasteiger partial charge < -0.3 is 5.32 Å². The summed E-state index contributed by atoms with van der Waals surface area (Å²) in [5.74, 6) is 3.69. The van der Waals surface area contributed by atoms with Crippen LogP contribution in [0.4, 0.5) is 5.82 Å². The Bertz CT molecular complexity index is 280. The molecule has 0 atom stereocenters. The van der Waals surface area contributed by atoms with Gasteiger partial charge in [-0.05, 0) is 21.7 Å². The molecular formula is C8H12BrN3S. The predicted molar refractivity (Wildman–Crippen MR) is 61.1 cm³/mol. The van der Waals surface area contributed by atoms with Crippen LogP contribution in [0.15, 0.2) is 10.7 Å². The number of halogens is 1. The maximum Gasteiger partial charge on any atom is 0.143 e. The first-order chi connectivity index (χ1) is 6.27. The first-order valence-corrected chi connectivity index (χ1v) is 5.99. The summed E-state index contributed by atoms with van der Waals surface area (Å²) in [5, 5.41) is 3.00. The second-order valence-electron chi connectivity index (χ2n) is 2.37. The fraction of sp³-hybridized carbons (Fsp3) is 0.500. The van der Waals surface area contributed by atoms with Gasteiger partial charge in [-0.1, -0.05) is 6.92 Å². The van der Waals surface area contributed by atoms with Crippen molar-refractivity contribution >= 4 is 33.5 Å². The number of anilines is 1. The van der Waals surface area contributed by atoms with Crippen LogP contribution >= 0.6 is 27.7 Å². The van der Waals surface area contributed by atoms with E-state index < -0.39 is 0 Å². The molecule has 0 aliphatic carbocycles. The van der Waals surface area contributed by atoms with Crippen LogP contribution in [0, 0.1) is 0 Å². The second kappa shape index (κ2) is 5.44. The number of thioether (sulfide) groups is 1. The van der Waals surface area contributed by atoms with Crippen LogP contribution in [0.25, 0.3) is 0 Å². The summed E-state index contributed by atoms with van der Waals surface area (Å²) in [6.07, 6.45) is 1.78. The lowest BCUT2D eigenvalue weighted by Gasteiger charge is -2.04. The first kappa shape index (κ1) is 10.8. The minimum atomic E-state index is 0.849. The normalized spacial score (nSPS) is 10.1. The third-order valence-electron chi connectivity index (χ3n) is 1.47. The molecule has 1 aromatic heterocycles. The van der Waals surface area contributed by atoms with Crippen molar-refractivity contribution in [2.45, 2.75) is 12.7 Å². The lowest BCUT2D eigenvalue weighted by Crippen LogP contribution is -1.99. The largest absolute Gasteiger partial charge is 0.372 e. The number of hydrogen-bond donors (Lipinski definition) is 1. The zero-order valence-corrected chi connectivity index (χ0v) is 10.1. The van der Waals surface area contributed by atoms with E-state index in [1.165, 1.54) is 0 Å². The van der Waals surface area contributed by atoms with Crippen LogP contribution in [-0.2, 0) is 5.75 Å². The monoisotopic (exact) mass is 261 g/mol. The fourth-order valence-electron chi connectivity index (χ4n) is 0.842. The molecule has 1 heterocycles. The summed E-state index contributed by atoms with van der Waals surface area (Å²) < 4.78 is 0.903. The summed E-state index contributed by atoms with van der Waals surface area (Å²) in [6.45, 7) is 2.13. The number of aromatic nitrogens is 2. The Labute approximate surface area is 90.9 Å². The Morgan fingerprint density at radius 2 is 2.38 bits per heavy atom. The average Bonchev–Trinajstić information content (AvgIpc) is 2.16. The standard InChI is InChI=1S/C8H12BrN3S/c1-3-13-5-7-11-4-6(9)8(10-2)12-7/h4H,3,5H2,1-2H3,(H,10,11,12). The van der Waals surface area contributed by atoms with Crippen molar-refractivity contribution in [3.05, 3.63) is 16.5 Å². The van der Waals surface area contributed by atoms with Crippen molar-refractivity contribution in [1.29, 1.82) is 0 Å². The summed E-state index contributed by atoms with van der Waals surface area (Å²) >= 11 is 5.18. The van der Waals surface area contributed by atoms with Gasteiger partial charge in [0.2, 0.25) is 0 Å². The minimum absolute atomic E-state index is 0.849. The molecule has 0 unspecified atom stereocenters. The van der Waals surface area contributed by atoms with E-state index in [-0.39, 0.29) is 0 Å². The maximum atomic E-state index is 4.34. The molecular weight excluding hydrogens is 250 g/mol. The SMILES string of the molecule is CCSCc1ncc(Br)c(NC)n1. The van der Waals surface area contributed by atoms with E-state index in [1.54, 1.807) is 6.20 Å². The van der Waals surface area contributed by atoms with Gasteiger partial charge in [0, 0.05) is 13.2 Å². The molecule has 0 amide bonds. The third-order valence-corrected chi connectivity index (χ3v) is 2.92. The fourth-order valence-corrected chi connectivity index (χ4v) is 1.76. The number of nitrogens with zero attached hydrogens (tertiary/aromatic N) is 2. The quantitative estimate of drug-likeness (QED) is 0.904. The molecule has 1 aromatic rings. The molecule has 13 heavy (non-hydrogen) atoms. The Morgan fingerprint density at radius 3 is 3.00 bits per heavy atom. The Morgan fingerprint density at radius 1 is 1.62 bits per heavy atom. The molecule has 1 rings (SSSR count). The molecule has 0 aliphatic heterocycles. The van der Waals surface area contributed by atoms with Gasteiger partial charge in [0.05, 0.1) is 10.2 Å². The van der Waals surface area contributed by atoms with Crippen molar-refractivity contribution in [2.75, 3.05) is 18.1 Å². The van der Waals surface area contributed by atoms with Crippen LogP contribution in [0.3, 0.4) is 0 Å². The molecule has 0 saturated heterocycles. The van der Waals surface area contributed by atoms with E-state index >= 15 is 0 Å². The highest BCUT2D eigenvalue weighted by Gasteiger charge is 2.02. The molecule has 0 fully saturated rings. The number of nitrogens with one attached hydrogen (secondary N) is 1. The van der Waals surface area contributed by atoms with Crippen molar-refractivity contribution in [1.82, 2.24) is 9.97 Å². The molecule has 1 N–H and O–H groups in total. The van der Waals surface area contributed by atoms with Gasteiger partial charge in [0.15, 0.2) is 0 Å². The molecule has 0 saturated carbocycles. The number of rotatable bonds is 4. The van der Waals surface area contributed by atoms with Crippen LogP contribution in [0.2, 0.25) is 0 Å². The van der Waals surface area contributed by atoms with E-state index in [1.807, 2.05) is 18.8 Å². The van der Waals surface area contributed by atoms with Gasteiger partial charge in [-0.3, -0.25) is 0 Å². The van der Waals surface area contributed by atoms with Crippen LogP contribution in [0.1, 0.15) is 12.7 Å². The van der Waals surface area contributed by atoms with E-state index in [4.69, 9.17) is 0 Å². The van der Waals surface area contributed by atoms with Crippen LogP contribution in [0.5, 0.6) is 0 Å². The highest BCUT2D eigenvalue weighted by Crippen LogP contribution is 2.19. The molecule has 3 nitrogen and oxygen atoms in total. The van der Waals surface area contributed by atoms with Crippen molar-refractivity contribution < 1.29 is 0 Å². The zero-order chi connectivity index (χ0) is 9.68. The van der Waals surface area contributed by atoms with E-state index in [9.17, 15) is 0 Å². The van der Waals surface area contributed by atoms with Gasteiger partial charge in [0.1, 0.15) is 11.6 Å². The highest BCUT2D eigenvalue weighted by atomic mass is 79.9. The van der Waals surface area contributed by atoms with Gasteiger partial charge in [-0.2, -0.15) is 11.8 Å². The Hall–Kier alpha value is -0.290. The number of hydrogen-bond acceptors (Lipinski definition) is 4.